The van der Waals surface area contributed by atoms with E-state index in [9.17, 15) is 0 Å². The van der Waals surface area contributed by atoms with Gasteiger partial charge in [-0.1, -0.05) is 37.1 Å². The molecule has 0 unspecified atom stereocenters. The first kappa shape index (κ1) is 11.0. The van der Waals surface area contributed by atoms with E-state index in [1.165, 1.54) is 31.3 Å². The van der Waals surface area contributed by atoms with Crippen molar-refractivity contribution in [2.24, 2.45) is 17.3 Å². The van der Waals surface area contributed by atoms with E-state index >= 15 is 0 Å². The third kappa shape index (κ3) is 1.91. The third-order valence-corrected chi connectivity index (χ3v) is 4.57. The molecular formula is C15H24. The molecule has 84 valence electrons. The summed E-state index contributed by atoms with van der Waals surface area (Å²) in [6, 6.07) is 0. The highest BCUT2D eigenvalue weighted by Gasteiger charge is 2.50. The van der Waals surface area contributed by atoms with Crippen LogP contribution < -0.4 is 0 Å². The number of allylic oxidation sites excluding steroid dienone is 4. The molecule has 0 aromatic heterocycles. The van der Waals surface area contributed by atoms with Crippen molar-refractivity contribution in [1.82, 2.24) is 0 Å². The van der Waals surface area contributed by atoms with E-state index in [1.807, 2.05) is 0 Å². The van der Waals surface area contributed by atoms with E-state index in [-0.39, 0.29) is 0 Å². The van der Waals surface area contributed by atoms with E-state index < -0.39 is 0 Å². The van der Waals surface area contributed by atoms with E-state index in [0.29, 0.717) is 5.41 Å². The molecule has 3 rings (SSSR count). The van der Waals surface area contributed by atoms with Gasteiger partial charge in [-0.25, -0.2) is 0 Å². The Morgan fingerprint density at radius 1 is 1.47 bits per heavy atom. The van der Waals surface area contributed by atoms with Crippen molar-refractivity contribution in [3.05, 3.63) is 23.3 Å². The molecule has 2 atom stereocenters. The van der Waals surface area contributed by atoms with Crippen molar-refractivity contribution in [2.45, 2.75) is 53.4 Å². The molecule has 3 aliphatic rings. The summed E-state index contributed by atoms with van der Waals surface area (Å²) in [6.45, 7) is 9.30. The van der Waals surface area contributed by atoms with E-state index in [0.717, 1.165) is 11.8 Å². The number of rotatable bonds is 3. The summed E-state index contributed by atoms with van der Waals surface area (Å²) in [6.07, 6.45) is 10.3. The quantitative estimate of drug-likeness (QED) is 0.583. The second-order valence-corrected chi connectivity index (χ2v) is 6.14. The van der Waals surface area contributed by atoms with Crippen LogP contribution in [0, 0.1) is 17.3 Å². The van der Waals surface area contributed by atoms with Gasteiger partial charge in [0, 0.05) is 0 Å². The molecule has 2 bridgehead atoms. The zero-order valence-corrected chi connectivity index (χ0v) is 10.6. The summed E-state index contributed by atoms with van der Waals surface area (Å²) < 4.78 is 0. The summed E-state index contributed by atoms with van der Waals surface area (Å²) in [5.74, 6) is 1.89. The van der Waals surface area contributed by atoms with E-state index in [1.54, 1.807) is 5.57 Å². The SMILES string of the molecule is CC(C)=CCCC1=CC[C@@H]2C[C@H]1C2(C)C. The Kier molecular flexibility index (Phi) is 2.79. The average molecular weight is 204 g/mol. The average Bonchev–Trinajstić information content (AvgIpc) is 2.17. The highest BCUT2D eigenvalue weighted by molar-refractivity contribution is 5.23. The van der Waals surface area contributed by atoms with Crippen LogP contribution in [0.2, 0.25) is 0 Å². The minimum atomic E-state index is 0.606. The first-order valence-corrected chi connectivity index (χ1v) is 6.34. The van der Waals surface area contributed by atoms with E-state index in [4.69, 9.17) is 0 Å². The lowest BCUT2D eigenvalue weighted by Crippen LogP contribution is -2.47. The van der Waals surface area contributed by atoms with Crippen LogP contribution in [0.5, 0.6) is 0 Å². The minimum absolute atomic E-state index is 0.606. The molecule has 0 N–H and O–H groups in total. The fraction of sp³-hybridized carbons (Fsp3) is 0.733. The van der Waals surface area contributed by atoms with Gasteiger partial charge in [0.2, 0.25) is 0 Å². The molecule has 0 aliphatic heterocycles. The van der Waals surface area contributed by atoms with Crippen LogP contribution in [-0.2, 0) is 0 Å². The van der Waals surface area contributed by atoms with E-state index in [2.05, 4.69) is 39.8 Å². The molecule has 0 heterocycles. The molecule has 0 aromatic rings. The molecule has 0 nitrogen and oxygen atoms in total. The van der Waals surface area contributed by atoms with Crippen LogP contribution in [0.15, 0.2) is 23.3 Å². The molecule has 0 saturated heterocycles. The summed E-state index contributed by atoms with van der Waals surface area (Å²) >= 11 is 0. The predicted molar refractivity (Wildman–Crippen MR) is 66.7 cm³/mol. The van der Waals surface area contributed by atoms with Crippen LogP contribution in [0.4, 0.5) is 0 Å². The highest BCUT2D eigenvalue weighted by atomic mass is 14.5. The number of hydrogen-bond donors (Lipinski definition) is 0. The van der Waals surface area contributed by atoms with Gasteiger partial charge in [0.05, 0.1) is 0 Å². The minimum Gasteiger partial charge on any atom is -0.0856 e. The van der Waals surface area contributed by atoms with Crippen molar-refractivity contribution in [3.8, 4) is 0 Å². The van der Waals surface area contributed by atoms with Gasteiger partial charge < -0.3 is 0 Å². The Labute approximate surface area is 94.5 Å². The summed E-state index contributed by atoms with van der Waals surface area (Å²) in [5, 5.41) is 0. The third-order valence-electron chi connectivity index (χ3n) is 4.57. The van der Waals surface area contributed by atoms with Gasteiger partial charge in [0.1, 0.15) is 0 Å². The monoisotopic (exact) mass is 204 g/mol. The molecule has 0 amide bonds. The maximum Gasteiger partial charge on any atom is -0.0146 e. The van der Waals surface area contributed by atoms with Crippen molar-refractivity contribution in [2.75, 3.05) is 0 Å². The van der Waals surface area contributed by atoms with Gasteiger partial charge in [-0.05, 0) is 56.8 Å². The largest absolute Gasteiger partial charge is 0.0856 e. The maximum absolute atomic E-state index is 2.53. The van der Waals surface area contributed by atoms with Gasteiger partial charge >= 0.3 is 0 Å². The highest BCUT2D eigenvalue weighted by Crippen LogP contribution is 2.59. The predicted octanol–water partition coefficient (Wildman–Crippen LogP) is 4.73. The lowest BCUT2D eigenvalue weighted by Gasteiger charge is -2.56. The normalized spacial score (nSPS) is 31.6. The molecular weight excluding hydrogens is 180 g/mol. The zero-order chi connectivity index (χ0) is 11.1. The van der Waals surface area contributed by atoms with Crippen molar-refractivity contribution in [1.29, 1.82) is 0 Å². The molecule has 1 fully saturated rings. The molecule has 0 radical (unpaired) electrons. The van der Waals surface area contributed by atoms with Crippen LogP contribution in [-0.4, -0.2) is 0 Å². The smallest absolute Gasteiger partial charge is 0.0146 e. The van der Waals surface area contributed by atoms with Gasteiger partial charge in [-0.3, -0.25) is 0 Å². The Morgan fingerprint density at radius 3 is 2.73 bits per heavy atom. The molecule has 1 saturated carbocycles. The Morgan fingerprint density at radius 2 is 2.20 bits per heavy atom. The summed E-state index contributed by atoms with van der Waals surface area (Å²) in [4.78, 5) is 0. The lowest BCUT2D eigenvalue weighted by molar-refractivity contribution is -0.00811. The Bertz CT molecular complexity index is 300. The maximum atomic E-state index is 2.53. The molecule has 15 heavy (non-hydrogen) atoms. The van der Waals surface area contributed by atoms with Gasteiger partial charge in [0.15, 0.2) is 0 Å². The topological polar surface area (TPSA) is 0 Å². The Balaban J connectivity index is 1.94. The zero-order valence-electron chi connectivity index (χ0n) is 10.6. The fourth-order valence-corrected chi connectivity index (χ4v) is 3.28. The first-order chi connectivity index (χ1) is 7.01. The van der Waals surface area contributed by atoms with Gasteiger partial charge in [0.25, 0.3) is 0 Å². The summed E-state index contributed by atoms with van der Waals surface area (Å²) in [7, 11) is 0. The number of fused-ring (bicyclic) bond motifs is 1. The second-order valence-electron chi connectivity index (χ2n) is 6.14. The molecule has 0 heteroatoms. The summed E-state index contributed by atoms with van der Waals surface area (Å²) in [5.41, 5.74) is 3.81. The molecule has 0 spiro atoms. The van der Waals surface area contributed by atoms with Crippen molar-refractivity contribution in [3.63, 3.8) is 0 Å². The van der Waals surface area contributed by atoms with Crippen LogP contribution in [0.3, 0.4) is 0 Å². The van der Waals surface area contributed by atoms with Crippen molar-refractivity contribution >= 4 is 0 Å². The van der Waals surface area contributed by atoms with Crippen LogP contribution >= 0.6 is 0 Å². The van der Waals surface area contributed by atoms with Crippen molar-refractivity contribution < 1.29 is 0 Å². The second kappa shape index (κ2) is 3.81. The van der Waals surface area contributed by atoms with Gasteiger partial charge in [-0.2, -0.15) is 0 Å². The van der Waals surface area contributed by atoms with Gasteiger partial charge in [-0.15, -0.1) is 0 Å². The molecule has 3 aliphatic carbocycles. The Hall–Kier alpha value is -0.520. The standard InChI is InChI=1S/C15H24/c1-11(2)6-5-7-12-8-9-13-10-14(12)15(13,3)4/h6,8,13-14H,5,7,9-10H2,1-4H3/t13-,14-/m1/s1. The van der Waals surface area contributed by atoms with Crippen LogP contribution in [0.25, 0.3) is 0 Å². The molecule has 0 aromatic carbocycles. The van der Waals surface area contributed by atoms with Crippen LogP contribution in [0.1, 0.15) is 53.4 Å². The first-order valence-electron chi connectivity index (χ1n) is 6.34. The lowest BCUT2D eigenvalue weighted by atomic mass is 9.48. The fourth-order valence-electron chi connectivity index (χ4n) is 3.28. The number of hydrogen-bond acceptors (Lipinski definition) is 0.